The highest BCUT2D eigenvalue weighted by Gasteiger charge is 2.30. The van der Waals surface area contributed by atoms with Crippen LogP contribution in [0.4, 0.5) is 17.6 Å². The number of aliphatic hydroxyl groups excluding tert-OH is 1. The van der Waals surface area contributed by atoms with Gasteiger partial charge in [-0.1, -0.05) is 30.3 Å². The minimum absolute atomic E-state index is 0.266. The SMILES string of the molecule is CC(N[SH](=O)=O)c1ccc(-c2ccc([C@H](O)[C@@H](CF)NC(=O)CSC(F)(F)F)cc2)cn1. The number of aliphatic hydroxyl groups is 1. The number of aromatic nitrogens is 1. The highest BCUT2D eigenvalue weighted by molar-refractivity contribution is 8.00. The topological polar surface area (TPSA) is 108 Å². The van der Waals surface area contributed by atoms with Gasteiger partial charge in [0.25, 0.3) is 0 Å². The van der Waals surface area contributed by atoms with Crippen LogP contribution in [0.25, 0.3) is 11.1 Å². The van der Waals surface area contributed by atoms with Crippen molar-refractivity contribution >= 4 is 28.6 Å². The van der Waals surface area contributed by atoms with Gasteiger partial charge in [-0.25, -0.2) is 17.5 Å². The van der Waals surface area contributed by atoms with Gasteiger partial charge in [-0.05, 0) is 35.9 Å². The molecule has 0 saturated carbocycles. The fourth-order valence-corrected chi connectivity index (χ4v) is 3.59. The van der Waals surface area contributed by atoms with Crippen molar-refractivity contribution in [3.05, 3.63) is 53.9 Å². The Hall–Kier alpha value is -2.22. The molecule has 3 N–H and O–H groups in total. The maximum Gasteiger partial charge on any atom is 0.442 e. The summed E-state index contributed by atoms with van der Waals surface area (Å²) in [6.07, 6.45) is 0.0788. The minimum atomic E-state index is -4.59. The average Bonchev–Trinajstić information content (AvgIpc) is 2.75. The molecule has 0 aliphatic carbocycles. The van der Waals surface area contributed by atoms with Gasteiger partial charge in [0.2, 0.25) is 16.8 Å². The molecule has 0 radical (unpaired) electrons. The van der Waals surface area contributed by atoms with Crippen molar-refractivity contribution in [3.63, 3.8) is 0 Å². The summed E-state index contributed by atoms with van der Waals surface area (Å²) in [5.41, 5.74) is -2.40. The van der Waals surface area contributed by atoms with E-state index >= 15 is 0 Å². The van der Waals surface area contributed by atoms with E-state index in [4.69, 9.17) is 0 Å². The Bertz CT molecular complexity index is 962. The van der Waals surface area contributed by atoms with Gasteiger partial charge in [0.05, 0.1) is 23.5 Å². The van der Waals surface area contributed by atoms with E-state index in [1.54, 1.807) is 37.4 Å². The number of nitrogens with one attached hydrogen (secondary N) is 2. The minimum Gasteiger partial charge on any atom is -0.386 e. The van der Waals surface area contributed by atoms with E-state index < -0.39 is 64.7 Å². The summed E-state index contributed by atoms with van der Waals surface area (Å²) in [4.78, 5) is 15.8. The Labute approximate surface area is 187 Å². The van der Waals surface area contributed by atoms with Crippen LogP contribution in [-0.2, 0) is 15.7 Å². The van der Waals surface area contributed by atoms with Gasteiger partial charge < -0.3 is 10.4 Å². The number of amides is 1. The van der Waals surface area contributed by atoms with Crippen molar-refractivity contribution in [2.75, 3.05) is 12.4 Å². The van der Waals surface area contributed by atoms with E-state index in [0.29, 0.717) is 16.8 Å². The molecule has 13 heteroatoms. The molecule has 2 aromatic rings. The predicted molar refractivity (Wildman–Crippen MR) is 113 cm³/mol. The molecule has 0 spiro atoms. The number of thioether (sulfide) groups is 1. The molecule has 0 aliphatic heterocycles. The highest BCUT2D eigenvalue weighted by atomic mass is 32.2. The molecule has 32 heavy (non-hydrogen) atoms. The molecule has 0 aliphatic rings. The van der Waals surface area contributed by atoms with Crippen molar-refractivity contribution in [1.82, 2.24) is 15.0 Å². The van der Waals surface area contributed by atoms with Crippen LogP contribution in [0, 0.1) is 0 Å². The number of nitrogens with zero attached hydrogens (tertiary/aromatic N) is 1. The molecule has 1 aromatic carbocycles. The van der Waals surface area contributed by atoms with Crippen LogP contribution >= 0.6 is 11.8 Å². The first-order chi connectivity index (χ1) is 15.0. The quantitative estimate of drug-likeness (QED) is 0.298. The molecule has 1 aromatic heterocycles. The Balaban J connectivity index is 2.04. The van der Waals surface area contributed by atoms with Crippen molar-refractivity contribution in [3.8, 4) is 11.1 Å². The van der Waals surface area contributed by atoms with Crippen LogP contribution in [0.2, 0.25) is 0 Å². The second-order valence-corrected chi connectivity index (χ2v) is 8.52. The summed E-state index contributed by atoms with van der Waals surface area (Å²) in [5, 5.41) is 12.4. The van der Waals surface area contributed by atoms with E-state index in [1.807, 2.05) is 0 Å². The number of carbonyl (C=O) groups excluding carboxylic acids is 1. The Morgan fingerprint density at radius 3 is 2.28 bits per heavy atom. The third-order valence-corrected chi connectivity index (χ3v) is 5.71. The Morgan fingerprint density at radius 1 is 1.16 bits per heavy atom. The number of halogens is 4. The molecule has 0 saturated heterocycles. The smallest absolute Gasteiger partial charge is 0.386 e. The lowest BCUT2D eigenvalue weighted by Gasteiger charge is -2.22. The fraction of sp³-hybridized carbons (Fsp3) is 0.368. The van der Waals surface area contributed by atoms with Crippen LogP contribution < -0.4 is 10.0 Å². The number of hydrogen-bond donors (Lipinski definition) is 4. The van der Waals surface area contributed by atoms with Crippen LogP contribution in [0.15, 0.2) is 42.6 Å². The number of hydrogen-bond acceptors (Lipinski definition) is 6. The fourth-order valence-electron chi connectivity index (χ4n) is 2.76. The van der Waals surface area contributed by atoms with Crippen molar-refractivity contribution < 1.29 is 35.9 Å². The van der Waals surface area contributed by atoms with Crippen molar-refractivity contribution in [2.24, 2.45) is 0 Å². The molecule has 1 heterocycles. The summed E-state index contributed by atoms with van der Waals surface area (Å²) in [6, 6.07) is 7.74. The Kier molecular flexibility index (Phi) is 9.43. The molecule has 3 atom stereocenters. The first-order valence-corrected chi connectivity index (χ1v) is 11.4. The second-order valence-electron chi connectivity index (χ2n) is 6.71. The van der Waals surface area contributed by atoms with E-state index in [-0.39, 0.29) is 5.56 Å². The zero-order valence-corrected chi connectivity index (χ0v) is 18.4. The van der Waals surface area contributed by atoms with Gasteiger partial charge in [-0.15, -0.1) is 0 Å². The molecule has 1 unspecified atom stereocenters. The summed E-state index contributed by atoms with van der Waals surface area (Å²) < 4.78 is 73.6. The molecule has 2 rings (SSSR count). The number of carbonyl (C=O) groups is 1. The van der Waals surface area contributed by atoms with E-state index in [0.717, 1.165) is 0 Å². The summed E-state index contributed by atoms with van der Waals surface area (Å²) in [5.74, 6) is -1.98. The predicted octanol–water partition coefficient (Wildman–Crippen LogP) is 2.67. The molecule has 7 nitrogen and oxygen atoms in total. The third kappa shape index (κ3) is 8.04. The van der Waals surface area contributed by atoms with Crippen LogP contribution in [0.5, 0.6) is 0 Å². The normalized spacial score (nSPS) is 14.7. The van der Waals surface area contributed by atoms with Crippen LogP contribution in [0.1, 0.15) is 30.3 Å². The van der Waals surface area contributed by atoms with Crippen molar-refractivity contribution in [1.29, 1.82) is 0 Å². The standard InChI is InChI=1S/C19H21F4N3O4S2/c1-11(26-32(29)30)15-7-6-14(9-24-15)12-2-4-13(5-3-12)18(28)16(8-20)25-17(27)10-31-19(21,22)23/h2-7,9,11,16,18,28,32H,8,10H2,1H3,(H,25,27)(H,26,29,30)/t11?,16-,18+/m1/s1. The van der Waals surface area contributed by atoms with Gasteiger partial charge in [0, 0.05) is 11.8 Å². The van der Waals surface area contributed by atoms with E-state index in [1.165, 1.54) is 12.1 Å². The maximum absolute atomic E-state index is 13.3. The molecule has 0 bridgehead atoms. The van der Waals surface area contributed by atoms with E-state index in [9.17, 15) is 35.9 Å². The average molecular weight is 496 g/mol. The highest BCUT2D eigenvalue weighted by Crippen LogP contribution is 2.30. The zero-order chi connectivity index (χ0) is 23.9. The van der Waals surface area contributed by atoms with Gasteiger partial charge in [-0.3, -0.25) is 9.78 Å². The van der Waals surface area contributed by atoms with E-state index in [2.05, 4.69) is 15.0 Å². The first-order valence-electron chi connectivity index (χ1n) is 9.21. The number of thiol groups is 1. The number of alkyl halides is 4. The number of benzene rings is 1. The summed E-state index contributed by atoms with van der Waals surface area (Å²) in [6.45, 7) is 0.475. The maximum atomic E-state index is 13.3. The number of rotatable bonds is 10. The summed E-state index contributed by atoms with van der Waals surface area (Å²) >= 11 is -0.549. The van der Waals surface area contributed by atoms with Crippen molar-refractivity contribution in [2.45, 2.75) is 30.6 Å². The molecular formula is C19H21F4N3O4S2. The lowest BCUT2D eigenvalue weighted by molar-refractivity contribution is -0.120. The van der Waals surface area contributed by atoms with Gasteiger partial charge in [0.1, 0.15) is 12.8 Å². The molecule has 1 amide bonds. The molecular weight excluding hydrogens is 474 g/mol. The zero-order valence-electron chi connectivity index (χ0n) is 16.7. The lowest BCUT2D eigenvalue weighted by Crippen LogP contribution is -2.42. The lowest BCUT2D eigenvalue weighted by atomic mass is 9.99. The monoisotopic (exact) mass is 495 g/mol. The van der Waals surface area contributed by atoms with Crippen LogP contribution in [-0.4, -0.2) is 48.4 Å². The first kappa shape index (κ1) is 26.0. The second kappa shape index (κ2) is 11.6. The molecule has 176 valence electrons. The third-order valence-electron chi connectivity index (χ3n) is 4.38. The van der Waals surface area contributed by atoms with Gasteiger partial charge in [0.15, 0.2) is 0 Å². The van der Waals surface area contributed by atoms with Gasteiger partial charge in [-0.2, -0.15) is 13.2 Å². The Morgan fingerprint density at radius 2 is 1.78 bits per heavy atom. The van der Waals surface area contributed by atoms with Gasteiger partial charge >= 0.3 is 5.51 Å². The number of pyridine rings is 1. The van der Waals surface area contributed by atoms with Crippen LogP contribution in [0.3, 0.4) is 0 Å². The largest absolute Gasteiger partial charge is 0.442 e. The summed E-state index contributed by atoms with van der Waals surface area (Å²) in [7, 11) is -2.76. The molecule has 0 fully saturated rings.